The van der Waals surface area contributed by atoms with E-state index in [1.807, 2.05) is 90.3 Å². The van der Waals surface area contributed by atoms with Gasteiger partial charge in [0.2, 0.25) is 0 Å². The van der Waals surface area contributed by atoms with Gasteiger partial charge in [-0.1, -0.05) is 66.7 Å². The van der Waals surface area contributed by atoms with Crippen LogP contribution in [0.5, 0.6) is 0 Å². The van der Waals surface area contributed by atoms with Crippen LogP contribution in [0.2, 0.25) is 0 Å². The Morgan fingerprint density at radius 3 is 1.93 bits per heavy atom. The summed E-state index contributed by atoms with van der Waals surface area (Å²) in [6.07, 6.45) is 1.96. The van der Waals surface area contributed by atoms with Crippen LogP contribution in [0, 0.1) is 29.6 Å². The van der Waals surface area contributed by atoms with Gasteiger partial charge in [0.15, 0.2) is 0 Å². The molecule has 0 aliphatic carbocycles. The first-order valence-corrected chi connectivity index (χ1v) is 9.63. The molecule has 0 aliphatic rings. The molecule has 30 heavy (non-hydrogen) atoms. The van der Waals surface area contributed by atoms with Crippen molar-refractivity contribution in [1.82, 2.24) is 9.38 Å². The van der Waals surface area contributed by atoms with Crippen molar-refractivity contribution >= 4 is 16.7 Å². The fourth-order valence-electron chi connectivity index (χ4n) is 4.10. The van der Waals surface area contributed by atoms with E-state index in [0.29, 0.717) is 16.6 Å². The molecule has 0 bridgehead atoms. The van der Waals surface area contributed by atoms with Crippen LogP contribution < -0.4 is 0 Å². The Kier molecular flexibility index (Phi) is 4.05. The van der Waals surface area contributed by atoms with Crippen molar-refractivity contribution in [2.75, 3.05) is 0 Å². The van der Waals surface area contributed by atoms with Crippen LogP contribution >= 0.6 is 0 Å². The lowest BCUT2D eigenvalue weighted by molar-refractivity contribution is 1.20. The van der Waals surface area contributed by atoms with E-state index in [1.165, 1.54) is 0 Å². The van der Waals surface area contributed by atoms with E-state index in [2.05, 4.69) is 12.1 Å². The van der Waals surface area contributed by atoms with Gasteiger partial charge in [-0.3, -0.25) is 4.40 Å². The fourth-order valence-corrected chi connectivity index (χ4v) is 4.10. The van der Waals surface area contributed by atoms with Crippen LogP contribution in [-0.2, 0) is 0 Å². The van der Waals surface area contributed by atoms with Crippen LogP contribution in [-0.4, -0.2) is 9.38 Å². The number of hydrogen-bond donors (Lipinski definition) is 0. The Balaban J connectivity index is 2.13. The molecule has 3 aromatic carbocycles. The Hall–Kier alpha value is -4.41. The van der Waals surface area contributed by atoms with Crippen molar-refractivity contribution < 1.29 is 0 Å². The normalized spacial score (nSPS) is 10.8. The quantitative estimate of drug-likeness (QED) is 0.382. The second kappa shape index (κ2) is 6.88. The minimum Gasteiger partial charge on any atom is -0.299 e. The minimum atomic E-state index is 0.314. The third kappa shape index (κ3) is 2.49. The number of aromatic nitrogens is 2. The van der Waals surface area contributed by atoms with Gasteiger partial charge in [0.05, 0.1) is 16.6 Å². The number of hydrogen-bond acceptors (Lipinski definition) is 3. The molecule has 5 aromatic rings. The Morgan fingerprint density at radius 2 is 1.33 bits per heavy atom. The van der Waals surface area contributed by atoms with Crippen LogP contribution in [0.3, 0.4) is 0 Å². The summed E-state index contributed by atoms with van der Waals surface area (Å²) in [4.78, 5) is 4.80. The first kappa shape index (κ1) is 17.7. The average molecular weight is 384 g/mol. The van der Waals surface area contributed by atoms with Crippen molar-refractivity contribution in [2.24, 2.45) is 0 Å². The molecule has 4 heteroatoms. The highest BCUT2D eigenvalue weighted by atomic mass is 15.0. The summed E-state index contributed by atoms with van der Waals surface area (Å²) in [5.74, 6) is 0. The number of nitriles is 2. The number of imidazole rings is 1. The number of nitrogens with zero attached hydrogens (tertiary/aromatic N) is 4. The number of rotatable bonds is 2. The van der Waals surface area contributed by atoms with Gasteiger partial charge in [0.1, 0.15) is 23.3 Å². The molecule has 0 fully saturated rings. The third-order valence-electron chi connectivity index (χ3n) is 5.42. The fraction of sp³-hybridized carbons (Fsp3) is 0.0385. The molecular formula is C26H16N4. The first-order valence-electron chi connectivity index (χ1n) is 9.63. The lowest BCUT2D eigenvalue weighted by atomic mass is 9.87. The van der Waals surface area contributed by atoms with Gasteiger partial charge < -0.3 is 0 Å². The molecule has 0 saturated carbocycles. The molecule has 2 aromatic heterocycles. The summed E-state index contributed by atoms with van der Waals surface area (Å²) < 4.78 is 2.03. The maximum Gasteiger partial charge on any atom is 0.140 e. The van der Waals surface area contributed by atoms with Gasteiger partial charge in [0.25, 0.3) is 0 Å². The molecule has 0 N–H and O–H groups in total. The van der Waals surface area contributed by atoms with Crippen molar-refractivity contribution in [3.05, 3.63) is 95.7 Å². The predicted molar refractivity (Wildman–Crippen MR) is 118 cm³/mol. The van der Waals surface area contributed by atoms with Crippen molar-refractivity contribution in [3.8, 4) is 34.4 Å². The van der Waals surface area contributed by atoms with Gasteiger partial charge in [-0.2, -0.15) is 10.5 Å². The zero-order chi connectivity index (χ0) is 20.7. The minimum absolute atomic E-state index is 0.314. The Morgan fingerprint density at radius 1 is 0.733 bits per heavy atom. The van der Waals surface area contributed by atoms with E-state index >= 15 is 0 Å². The van der Waals surface area contributed by atoms with E-state index in [0.717, 1.165) is 39.0 Å². The van der Waals surface area contributed by atoms with E-state index in [1.54, 1.807) is 0 Å². The monoisotopic (exact) mass is 384 g/mol. The highest BCUT2D eigenvalue weighted by Gasteiger charge is 2.25. The molecule has 0 radical (unpaired) electrons. The Bertz CT molecular complexity index is 1500. The number of pyridine rings is 1. The summed E-state index contributed by atoms with van der Waals surface area (Å²) in [7, 11) is 0. The number of fused-ring (bicyclic) bond motifs is 3. The van der Waals surface area contributed by atoms with Crippen LogP contribution in [0.1, 0.15) is 16.7 Å². The summed E-state index contributed by atoms with van der Waals surface area (Å²) in [5, 5.41) is 20.1. The van der Waals surface area contributed by atoms with E-state index < -0.39 is 0 Å². The lowest BCUT2D eigenvalue weighted by Gasteiger charge is -2.16. The van der Waals surface area contributed by atoms with Crippen molar-refractivity contribution in [3.63, 3.8) is 0 Å². The maximum absolute atomic E-state index is 10.1. The zero-order valence-corrected chi connectivity index (χ0v) is 16.3. The van der Waals surface area contributed by atoms with Crippen LogP contribution in [0.15, 0.2) is 79.0 Å². The molecule has 5 rings (SSSR count). The number of benzene rings is 3. The number of aryl methyl sites for hydroxylation is 1. The summed E-state index contributed by atoms with van der Waals surface area (Å²) in [6, 6.07) is 28.3. The van der Waals surface area contributed by atoms with Gasteiger partial charge in [-0.25, -0.2) is 4.98 Å². The molecule has 140 valence electrons. The third-order valence-corrected chi connectivity index (χ3v) is 5.42. The van der Waals surface area contributed by atoms with Crippen LogP contribution in [0.4, 0.5) is 0 Å². The van der Waals surface area contributed by atoms with Crippen molar-refractivity contribution in [1.29, 1.82) is 10.5 Å². The SMILES string of the molecule is Cc1cccn2c1nc1c(C#N)c(C#N)c(-c3ccccc3)c(-c3ccccc3)c12. The second-order valence-corrected chi connectivity index (χ2v) is 7.15. The average Bonchev–Trinajstić information content (AvgIpc) is 3.19. The largest absolute Gasteiger partial charge is 0.299 e. The van der Waals surface area contributed by atoms with Crippen molar-refractivity contribution in [2.45, 2.75) is 6.92 Å². The summed E-state index contributed by atoms with van der Waals surface area (Å²) in [5.41, 5.74) is 7.41. The molecule has 0 amide bonds. The van der Waals surface area contributed by atoms with E-state index in [4.69, 9.17) is 4.98 Å². The Labute approximate surface area is 173 Å². The van der Waals surface area contributed by atoms with E-state index in [9.17, 15) is 10.5 Å². The van der Waals surface area contributed by atoms with E-state index in [-0.39, 0.29) is 0 Å². The molecule has 4 nitrogen and oxygen atoms in total. The molecule has 0 saturated heterocycles. The van der Waals surface area contributed by atoms with Gasteiger partial charge >= 0.3 is 0 Å². The van der Waals surface area contributed by atoms with Gasteiger partial charge in [0, 0.05) is 17.3 Å². The smallest absolute Gasteiger partial charge is 0.140 e. The topological polar surface area (TPSA) is 64.9 Å². The summed E-state index contributed by atoms with van der Waals surface area (Å²) >= 11 is 0. The standard InChI is InChI=1S/C26H16N4/c1-17-9-8-14-30-25-23(19-12-6-3-7-13-19)22(18-10-4-2-5-11-18)20(15-27)21(16-28)24(25)29-26(17)30/h2-14H,1H3. The molecular weight excluding hydrogens is 368 g/mol. The predicted octanol–water partition coefficient (Wildman–Crippen LogP) is 5.87. The molecule has 0 aliphatic heterocycles. The summed E-state index contributed by atoms with van der Waals surface area (Å²) in [6.45, 7) is 2.00. The first-order chi connectivity index (χ1) is 14.7. The van der Waals surface area contributed by atoms with Crippen LogP contribution in [0.25, 0.3) is 38.9 Å². The zero-order valence-electron chi connectivity index (χ0n) is 16.3. The second-order valence-electron chi connectivity index (χ2n) is 7.15. The highest BCUT2D eigenvalue weighted by Crippen LogP contribution is 2.43. The molecule has 2 heterocycles. The maximum atomic E-state index is 10.1. The highest BCUT2D eigenvalue weighted by molar-refractivity contribution is 6.07. The molecule has 0 spiro atoms. The molecule has 0 atom stereocenters. The lowest BCUT2D eigenvalue weighted by Crippen LogP contribution is -1.98. The van der Waals surface area contributed by atoms with Gasteiger partial charge in [-0.05, 0) is 29.7 Å². The molecule has 0 unspecified atom stereocenters. The van der Waals surface area contributed by atoms with Gasteiger partial charge in [-0.15, -0.1) is 0 Å².